The summed E-state index contributed by atoms with van der Waals surface area (Å²) < 4.78 is 16.9. The first kappa shape index (κ1) is 71.3. The number of unbranched alkanes of at least 4 members (excludes halogenated alkanes) is 30. The molecule has 6 heteroatoms. The fourth-order valence-corrected chi connectivity index (χ4v) is 8.79. The molecule has 0 heterocycles. The summed E-state index contributed by atoms with van der Waals surface area (Å²) in [7, 11) is 0. The van der Waals surface area contributed by atoms with Gasteiger partial charge in [0.05, 0.1) is 0 Å². The van der Waals surface area contributed by atoms with Crippen molar-refractivity contribution in [2.45, 2.75) is 309 Å². The summed E-state index contributed by atoms with van der Waals surface area (Å²) in [6.45, 7) is 6.51. The molecule has 0 rings (SSSR count). The van der Waals surface area contributed by atoms with E-state index in [0.717, 1.165) is 122 Å². The topological polar surface area (TPSA) is 78.9 Å². The number of carbonyl (C=O) groups excluding carboxylic acids is 3. The average Bonchev–Trinajstić information content (AvgIpc) is 3.41. The van der Waals surface area contributed by atoms with E-state index in [1.807, 2.05) is 0 Å². The van der Waals surface area contributed by atoms with E-state index in [-0.39, 0.29) is 31.1 Å². The molecule has 0 aliphatic heterocycles. The van der Waals surface area contributed by atoms with Gasteiger partial charge in [0, 0.05) is 19.3 Å². The van der Waals surface area contributed by atoms with Crippen molar-refractivity contribution in [1.82, 2.24) is 0 Å². The predicted molar refractivity (Wildman–Crippen MR) is 325 cm³/mol. The Labute approximate surface area is 464 Å². The molecule has 0 amide bonds. The van der Waals surface area contributed by atoms with Crippen molar-refractivity contribution >= 4 is 17.9 Å². The molecular formula is C69H118O6. The highest BCUT2D eigenvalue weighted by molar-refractivity contribution is 5.71. The van der Waals surface area contributed by atoms with Crippen LogP contribution in [0, 0.1) is 0 Å². The van der Waals surface area contributed by atoms with Crippen LogP contribution in [-0.2, 0) is 28.6 Å². The van der Waals surface area contributed by atoms with E-state index in [0.29, 0.717) is 19.3 Å². The third-order valence-electron chi connectivity index (χ3n) is 13.5. The second-order valence-electron chi connectivity index (χ2n) is 20.9. The fraction of sp³-hybridized carbons (Fsp3) is 0.725. The molecular weight excluding hydrogens is 925 g/mol. The second kappa shape index (κ2) is 62.9. The molecule has 0 aliphatic carbocycles. The molecule has 0 saturated heterocycles. The zero-order valence-electron chi connectivity index (χ0n) is 49.3. The van der Waals surface area contributed by atoms with Gasteiger partial charge >= 0.3 is 17.9 Å². The maximum absolute atomic E-state index is 12.9. The molecule has 75 heavy (non-hydrogen) atoms. The van der Waals surface area contributed by atoms with Crippen LogP contribution in [0.4, 0.5) is 0 Å². The molecule has 0 bridgehead atoms. The van der Waals surface area contributed by atoms with Gasteiger partial charge in [0.15, 0.2) is 6.10 Å². The Morgan fingerprint density at radius 1 is 0.280 bits per heavy atom. The number of hydrogen-bond acceptors (Lipinski definition) is 6. The zero-order chi connectivity index (χ0) is 54.3. The van der Waals surface area contributed by atoms with Crippen molar-refractivity contribution < 1.29 is 28.6 Å². The summed E-state index contributed by atoms with van der Waals surface area (Å²) >= 11 is 0. The van der Waals surface area contributed by atoms with Crippen molar-refractivity contribution in [3.8, 4) is 0 Å². The maximum Gasteiger partial charge on any atom is 0.306 e. The SMILES string of the molecule is CC/C=C\C/C=C\C/C=C\C/C=C\C/C=C\C/C=C\CCCCCCCCCCC(=O)OCC(COC(=O)CCCCCCC/C=C\CCCCCCC)OC(=O)CCCCCCC/C=C\CCCCCCCCC. The first-order valence-corrected chi connectivity index (χ1v) is 31.7. The van der Waals surface area contributed by atoms with Gasteiger partial charge in [-0.3, -0.25) is 14.4 Å². The molecule has 0 spiro atoms. The minimum atomic E-state index is -0.790. The molecule has 0 fully saturated rings. The molecule has 0 saturated carbocycles. The van der Waals surface area contributed by atoms with Crippen LogP contribution in [0.15, 0.2) is 97.2 Å². The summed E-state index contributed by atoms with van der Waals surface area (Å²) in [4.78, 5) is 38.3. The summed E-state index contributed by atoms with van der Waals surface area (Å²) in [5.74, 6) is -0.903. The van der Waals surface area contributed by atoms with Gasteiger partial charge in [0.2, 0.25) is 0 Å². The Morgan fingerprint density at radius 2 is 0.520 bits per heavy atom. The standard InChI is InChI=1S/C69H118O6/c1-4-7-10-13-16-19-22-25-28-30-31-32-33-34-35-36-37-38-39-40-42-44-47-50-53-56-59-62-68(71)74-65-66(64-73-67(70)61-58-55-52-49-46-43-27-24-21-18-15-12-9-6-3)75-69(72)63-60-57-54-51-48-45-41-29-26-23-20-17-14-11-8-5-2/h7,10,16,19,24-25,27-29,31-32,34-35,37-38,41,66H,4-6,8-9,11-15,17-18,20-23,26,30,33,36,39-40,42-65H2,1-3H3/b10-7-,19-16-,27-24-,28-25-,32-31-,35-34-,38-37-,41-29-. The van der Waals surface area contributed by atoms with E-state index < -0.39 is 6.10 Å². The predicted octanol–water partition coefficient (Wildman–Crippen LogP) is 21.7. The third kappa shape index (κ3) is 61.1. The van der Waals surface area contributed by atoms with Crippen molar-refractivity contribution in [3.05, 3.63) is 97.2 Å². The van der Waals surface area contributed by atoms with Crippen LogP contribution in [0.2, 0.25) is 0 Å². The molecule has 0 aromatic heterocycles. The van der Waals surface area contributed by atoms with Gasteiger partial charge in [-0.25, -0.2) is 0 Å². The van der Waals surface area contributed by atoms with Crippen LogP contribution in [0.5, 0.6) is 0 Å². The van der Waals surface area contributed by atoms with E-state index in [4.69, 9.17) is 14.2 Å². The number of hydrogen-bond donors (Lipinski definition) is 0. The normalized spacial score (nSPS) is 12.7. The Hall–Kier alpha value is -3.67. The molecule has 1 unspecified atom stereocenters. The lowest BCUT2D eigenvalue weighted by molar-refractivity contribution is -0.167. The van der Waals surface area contributed by atoms with Crippen LogP contribution >= 0.6 is 0 Å². The van der Waals surface area contributed by atoms with Gasteiger partial charge in [-0.1, -0.05) is 259 Å². The van der Waals surface area contributed by atoms with Crippen LogP contribution in [-0.4, -0.2) is 37.2 Å². The van der Waals surface area contributed by atoms with Gasteiger partial charge in [0.1, 0.15) is 13.2 Å². The van der Waals surface area contributed by atoms with Crippen LogP contribution in [0.25, 0.3) is 0 Å². The number of ether oxygens (including phenoxy) is 3. The maximum atomic E-state index is 12.9. The number of allylic oxidation sites excluding steroid dienone is 16. The molecule has 0 aromatic carbocycles. The minimum Gasteiger partial charge on any atom is -0.462 e. The summed E-state index contributed by atoms with van der Waals surface area (Å²) in [6.07, 6.45) is 84.0. The Bertz CT molecular complexity index is 1480. The Kier molecular flexibility index (Phi) is 59.8. The van der Waals surface area contributed by atoms with E-state index in [1.54, 1.807) is 0 Å². The van der Waals surface area contributed by atoms with Gasteiger partial charge in [-0.2, -0.15) is 0 Å². The van der Waals surface area contributed by atoms with Crippen molar-refractivity contribution in [2.75, 3.05) is 13.2 Å². The molecule has 0 aliphatic rings. The molecule has 430 valence electrons. The van der Waals surface area contributed by atoms with Gasteiger partial charge in [-0.05, 0) is 122 Å². The summed E-state index contributed by atoms with van der Waals surface area (Å²) in [5.41, 5.74) is 0. The molecule has 1 atom stereocenters. The number of carbonyl (C=O) groups is 3. The highest BCUT2D eigenvalue weighted by atomic mass is 16.6. The average molecular weight is 1040 g/mol. The Morgan fingerprint density at radius 3 is 0.827 bits per heavy atom. The number of rotatable bonds is 57. The van der Waals surface area contributed by atoms with E-state index in [2.05, 4.69) is 118 Å². The van der Waals surface area contributed by atoms with E-state index in [9.17, 15) is 14.4 Å². The van der Waals surface area contributed by atoms with Crippen LogP contribution < -0.4 is 0 Å². The van der Waals surface area contributed by atoms with E-state index >= 15 is 0 Å². The fourth-order valence-electron chi connectivity index (χ4n) is 8.79. The second-order valence-corrected chi connectivity index (χ2v) is 20.9. The quantitative estimate of drug-likeness (QED) is 0.0261. The number of esters is 3. The first-order chi connectivity index (χ1) is 37.0. The smallest absolute Gasteiger partial charge is 0.306 e. The molecule has 6 nitrogen and oxygen atoms in total. The van der Waals surface area contributed by atoms with E-state index in [1.165, 1.54) is 141 Å². The molecule has 0 N–H and O–H groups in total. The molecule has 0 aromatic rings. The lowest BCUT2D eigenvalue weighted by Gasteiger charge is -2.18. The van der Waals surface area contributed by atoms with Crippen molar-refractivity contribution in [2.24, 2.45) is 0 Å². The highest BCUT2D eigenvalue weighted by Gasteiger charge is 2.19. The highest BCUT2D eigenvalue weighted by Crippen LogP contribution is 2.15. The minimum absolute atomic E-state index is 0.0866. The van der Waals surface area contributed by atoms with Crippen molar-refractivity contribution in [3.63, 3.8) is 0 Å². The van der Waals surface area contributed by atoms with Crippen LogP contribution in [0.1, 0.15) is 303 Å². The monoisotopic (exact) mass is 1040 g/mol. The van der Waals surface area contributed by atoms with Gasteiger partial charge < -0.3 is 14.2 Å². The van der Waals surface area contributed by atoms with Crippen molar-refractivity contribution in [1.29, 1.82) is 0 Å². The molecule has 0 radical (unpaired) electrons. The third-order valence-corrected chi connectivity index (χ3v) is 13.5. The lowest BCUT2D eigenvalue weighted by atomic mass is 10.1. The van der Waals surface area contributed by atoms with Gasteiger partial charge in [-0.15, -0.1) is 0 Å². The Balaban J connectivity index is 4.34. The first-order valence-electron chi connectivity index (χ1n) is 31.7. The van der Waals surface area contributed by atoms with Gasteiger partial charge in [0.25, 0.3) is 0 Å². The summed E-state index contributed by atoms with van der Waals surface area (Å²) in [5, 5.41) is 0. The largest absolute Gasteiger partial charge is 0.462 e. The van der Waals surface area contributed by atoms with Crippen LogP contribution in [0.3, 0.4) is 0 Å². The zero-order valence-corrected chi connectivity index (χ0v) is 49.3. The lowest BCUT2D eigenvalue weighted by Crippen LogP contribution is -2.30. The summed E-state index contributed by atoms with van der Waals surface area (Å²) in [6, 6.07) is 0.